The summed E-state index contributed by atoms with van der Waals surface area (Å²) >= 11 is 7.70. The van der Waals surface area contributed by atoms with Crippen LogP contribution in [0.4, 0.5) is 4.79 Å². The molecule has 0 aliphatic heterocycles. The minimum Gasteiger partial charge on any atom is -0.489 e. The Hall–Kier alpha value is -3.10. The number of nitrogens with one attached hydrogen (secondary N) is 1. The van der Waals surface area contributed by atoms with Gasteiger partial charge in [0.25, 0.3) is 0 Å². The average Bonchev–Trinajstić information content (AvgIpc) is 3.25. The highest BCUT2D eigenvalue weighted by atomic mass is 35.5. The van der Waals surface area contributed by atoms with Crippen LogP contribution >= 0.6 is 22.9 Å². The first kappa shape index (κ1) is 26.0. The minimum absolute atomic E-state index is 0.133. The molecular weight excluding hydrogens is 500 g/mol. The molecule has 3 atom stereocenters. The van der Waals surface area contributed by atoms with E-state index in [0.717, 1.165) is 34.5 Å². The van der Waals surface area contributed by atoms with Gasteiger partial charge >= 0.3 is 12.1 Å². The van der Waals surface area contributed by atoms with E-state index in [1.165, 1.54) is 11.3 Å². The Kier molecular flexibility index (Phi) is 8.48. The van der Waals surface area contributed by atoms with Crippen molar-refractivity contribution < 1.29 is 24.2 Å². The highest BCUT2D eigenvalue weighted by Gasteiger charge is 2.28. The van der Waals surface area contributed by atoms with Crippen molar-refractivity contribution in [3.8, 4) is 16.3 Å². The molecule has 1 saturated carbocycles. The van der Waals surface area contributed by atoms with E-state index < -0.39 is 12.1 Å². The number of nitrogens with zero attached hydrogens (tertiary/aromatic N) is 1. The number of thiophene rings is 1. The van der Waals surface area contributed by atoms with E-state index in [9.17, 15) is 14.7 Å². The van der Waals surface area contributed by atoms with Crippen molar-refractivity contribution in [2.24, 2.45) is 5.92 Å². The summed E-state index contributed by atoms with van der Waals surface area (Å²) in [5.41, 5.74) is 3.20. The maximum Gasteiger partial charge on any atom is 0.408 e. The molecule has 1 aliphatic rings. The number of halogens is 1. The molecule has 0 bridgehead atoms. The Morgan fingerprint density at radius 2 is 2.00 bits per heavy atom. The van der Waals surface area contributed by atoms with Crippen LogP contribution < -0.4 is 10.1 Å². The van der Waals surface area contributed by atoms with Gasteiger partial charge in [-0.05, 0) is 68.9 Å². The van der Waals surface area contributed by atoms with Gasteiger partial charge in [-0.15, -0.1) is 11.3 Å². The fourth-order valence-electron chi connectivity index (χ4n) is 4.36. The van der Waals surface area contributed by atoms with Crippen molar-refractivity contribution >= 4 is 35.0 Å². The Labute approximate surface area is 219 Å². The predicted molar refractivity (Wildman–Crippen MR) is 139 cm³/mol. The fourth-order valence-corrected chi connectivity index (χ4v) is 5.60. The van der Waals surface area contributed by atoms with E-state index in [-0.39, 0.29) is 24.7 Å². The predicted octanol–water partition coefficient (Wildman–Crippen LogP) is 6.78. The van der Waals surface area contributed by atoms with Crippen molar-refractivity contribution in [1.29, 1.82) is 0 Å². The van der Waals surface area contributed by atoms with E-state index in [4.69, 9.17) is 26.1 Å². The van der Waals surface area contributed by atoms with Crippen LogP contribution in [0.5, 0.6) is 5.75 Å². The molecule has 2 N–H and O–H groups in total. The van der Waals surface area contributed by atoms with Gasteiger partial charge in [-0.3, -0.25) is 4.79 Å². The van der Waals surface area contributed by atoms with E-state index in [2.05, 4.69) is 5.32 Å². The smallest absolute Gasteiger partial charge is 0.408 e. The molecule has 2 aromatic heterocycles. The number of hydrogen-bond acceptors (Lipinski definition) is 6. The van der Waals surface area contributed by atoms with Gasteiger partial charge < -0.3 is 19.9 Å². The molecule has 1 aliphatic carbocycles. The van der Waals surface area contributed by atoms with Crippen LogP contribution in [0.25, 0.3) is 10.6 Å². The van der Waals surface area contributed by atoms with Gasteiger partial charge in [0.05, 0.1) is 32.6 Å². The first-order valence-corrected chi connectivity index (χ1v) is 13.1. The number of benzene rings is 1. The number of alkyl carbamates (subject to hydrolysis) is 1. The van der Waals surface area contributed by atoms with Crippen molar-refractivity contribution in [2.45, 2.75) is 58.3 Å². The lowest BCUT2D eigenvalue weighted by molar-refractivity contribution is -0.143. The number of aryl methyl sites for hydroxylation is 1. The second kappa shape index (κ2) is 11.8. The number of carboxylic acid groups (broad SMARTS) is 1. The Balaban J connectivity index is 1.40. The van der Waals surface area contributed by atoms with Gasteiger partial charge in [0.2, 0.25) is 0 Å². The summed E-state index contributed by atoms with van der Waals surface area (Å²) in [7, 11) is 0. The van der Waals surface area contributed by atoms with Crippen LogP contribution in [-0.4, -0.2) is 28.3 Å². The topological polar surface area (TPSA) is 97.8 Å². The summed E-state index contributed by atoms with van der Waals surface area (Å²) in [4.78, 5) is 29.3. The van der Waals surface area contributed by atoms with Crippen LogP contribution in [-0.2, 0) is 16.1 Å². The largest absolute Gasteiger partial charge is 0.489 e. The third-order valence-electron chi connectivity index (χ3n) is 6.29. The van der Waals surface area contributed by atoms with E-state index in [1.54, 1.807) is 0 Å². The maximum absolute atomic E-state index is 12.4. The first-order chi connectivity index (χ1) is 17.3. The highest BCUT2D eigenvalue weighted by Crippen LogP contribution is 2.36. The molecule has 1 aromatic carbocycles. The summed E-state index contributed by atoms with van der Waals surface area (Å²) in [6.45, 7) is 3.94. The van der Waals surface area contributed by atoms with Gasteiger partial charge in [0, 0.05) is 6.54 Å². The van der Waals surface area contributed by atoms with Crippen LogP contribution in [0, 0.1) is 12.8 Å². The van der Waals surface area contributed by atoms with Gasteiger partial charge in [0.1, 0.15) is 11.9 Å². The van der Waals surface area contributed by atoms with E-state index in [0.29, 0.717) is 28.6 Å². The molecule has 0 saturated heterocycles. The Morgan fingerprint density at radius 3 is 2.72 bits per heavy atom. The number of carbonyl (C=O) groups is 2. The Morgan fingerprint density at radius 1 is 1.22 bits per heavy atom. The monoisotopic (exact) mass is 528 g/mol. The van der Waals surface area contributed by atoms with Gasteiger partial charge in [-0.25, -0.2) is 9.78 Å². The zero-order chi connectivity index (χ0) is 25.7. The van der Waals surface area contributed by atoms with Crippen molar-refractivity contribution in [1.82, 2.24) is 10.3 Å². The van der Waals surface area contributed by atoms with Crippen LogP contribution in [0.15, 0.2) is 48.5 Å². The number of amides is 1. The first-order valence-electron chi connectivity index (χ1n) is 11.9. The number of hydrogen-bond donors (Lipinski definition) is 2. The zero-order valence-electron chi connectivity index (χ0n) is 20.2. The summed E-state index contributed by atoms with van der Waals surface area (Å²) in [6, 6.07) is 15.1. The molecule has 1 amide bonds. The molecule has 1 fully saturated rings. The van der Waals surface area contributed by atoms with Crippen molar-refractivity contribution in [3.05, 3.63) is 69.7 Å². The molecule has 4 rings (SSSR count). The van der Waals surface area contributed by atoms with Crippen molar-refractivity contribution in [3.63, 3.8) is 0 Å². The SMILES string of the molecule is Cc1nc(-c2sc(Cl)cc2CNC(=O)O[C@H](C)c2ccccc2)ccc1O[C@H]1CCC[C@H](C(=O)O)C1. The summed E-state index contributed by atoms with van der Waals surface area (Å²) in [5, 5.41) is 12.1. The summed E-state index contributed by atoms with van der Waals surface area (Å²) < 4.78 is 12.2. The Bertz CT molecular complexity index is 1220. The van der Waals surface area contributed by atoms with Crippen LogP contribution in [0.1, 0.15) is 55.5 Å². The molecule has 7 nitrogen and oxygen atoms in total. The molecule has 3 aromatic rings. The van der Waals surface area contributed by atoms with E-state index in [1.807, 2.05) is 62.4 Å². The number of rotatable bonds is 8. The lowest BCUT2D eigenvalue weighted by Crippen LogP contribution is -2.29. The van der Waals surface area contributed by atoms with Gasteiger partial charge in [-0.2, -0.15) is 0 Å². The van der Waals surface area contributed by atoms with Gasteiger partial charge in [-0.1, -0.05) is 41.9 Å². The number of pyridine rings is 1. The van der Waals surface area contributed by atoms with Gasteiger partial charge in [0.15, 0.2) is 0 Å². The molecule has 0 radical (unpaired) electrons. The molecule has 0 unspecified atom stereocenters. The van der Waals surface area contributed by atoms with E-state index >= 15 is 0 Å². The minimum atomic E-state index is -0.761. The standard InChI is InChI=1S/C27H29ClN2O5S/c1-16-23(35-21-10-6-9-19(13-21)26(31)32)12-11-22(30-16)25-20(14-24(28)36-25)15-29-27(33)34-17(2)18-7-4-3-5-8-18/h3-5,7-8,11-12,14,17,19,21H,6,9-10,13,15H2,1-2H3,(H,29,33)(H,31,32)/t17-,19+,21+/m1/s1. The second-order valence-electron chi connectivity index (χ2n) is 8.94. The second-order valence-corrected chi connectivity index (χ2v) is 10.6. The lowest BCUT2D eigenvalue weighted by Gasteiger charge is -2.27. The number of carbonyl (C=O) groups excluding carboxylic acids is 1. The third-order valence-corrected chi connectivity index (χ3v) is 7.62. The quantitative estimate of drug-likeness (QED) is 0.334. The normalized spacial score (nSPS) is 18.3. The number of ether oxygens (including phenoxy) is 2. The number of aromatic nitrogens is 1. The summed E-state index contributed by atoms with van der Waals surface area (Å²) in [6.07, 6.45) is 1.85. The van der Waals surface area contributed by atoms with Crippen LogP contribution in [0.3, 0.4) is 0 Å². The fraction of sp³-hybridized carbons (Fsp3) is 0.370. The molecule has 36 heavy (non-hydrogen) atoms. The van der Waals surface area contributed by atoms with Crippen molar-refractivity contribution in [2.75, 3.05) is 0 Å². The molecule has 190 valence electrons. The molecule has 9 heteroatoms. The highest BCUT2D eigenvalue weighted by molar-refractivity contribution is 7.19. The molecule has 0 spiro atoms. The lowest BCUT2D eigenvalue weighted by atomic mass is 9.87. The third kappa shape index (κ3) is 6.56. The number of aliphatic carboxylic acids is 1. The van der Waals surface area contributed by atoms with Crippen LogP contribution in [0.2, 0.25) is 4.34 Å². The average molecular weight is 529 g/mol. The zero-order valence-corrected chi connectivity index (χ0v) is 21.8. The summed E-state index contributed by atoms with van der Waals surface area (Å²) in [5.74, 6) is -0.472. The molecule has 2 heterocycles. The number of carboxylic acids is 1. The molecular formula is C27H29ClN2O5S. The maximum atomic E-state index is 12.4.